The second-order valence-corrected chi connectivity index (χ2v) is 5.20. The Morgan fingerprint density at radius 1 is 1.12 bits per heavy atom. The van der Waals surface area contributed by atoms with Crippen LogP contribution in [0.15, 0.2) is 66.2 Å². The molecule has 0 aliphatic heterocycles. The summed E-state index contributed by atoms with van der Waals surface area (Å²) in [6.45, 7) is 3.07. The number of nitrogens with zero attached hydrogens (tertiary/aromatic N) is 2. The number of aliphatic hydroxyl groups excluding tert-OH is 1. The molecule has 0 fully saturated rings. The van der Waals surface area contributed by atoms with Gasteiger partial charge in [-0.3, -0.25) is 4.79 Å². The summed E-state index contributed by atoms with van der Waals surface area (Å²) in [5, 5.41) is 19.1. The molecular weight excluding hydrogens is 320 g/mol. The van der Waals surface area contributed by atoms with Crippen LogP contribution < -0.4 is 0 Å². The molecule has 0 aliphatic carbocycles. The van der Waals surface area contributed by atoms with Crippen LogP contribution >= 0.6 is 0 Å². The van der Waals surface area contributed by atoms with Crippen LogP contribution in [0.5, 0.6) is 0 Å². The molecule has 6 heteroatoms. The van der Waals surface area contributed by atoms with Crippen LogP contribution in [0.2, 0.25) is 0 Å². The summed E-state index contributed by atoms with van der Waals surface area (Å²) < 4.78 is 10.2. The molecule has 0 saturated carbocycles. The molecule has 0 aromatic heterocycles. The average molecular weight is 339 g/mol. The average Bonchev–Trinajstić information content (AvgIpc) is 2.62. The maximum Gasteiger partial charge on any atom is 0.484 e. The van der Waals surface area contributed by atoms with Gasteiger partial charge >= 0.3 is 17.6 Å². The van der Waals surface area contributed by atoms with Gasteiger partial charge in [0.2, 0.25) is 11.5 Å². The molecule has 0 radical (unpaired) electrons. The SMILES string of the molecule is CCO/C(O)=C(\[N+]#N)C(OC(C)=O)c1ccc(-c2ccccc2)cc1. The Kier molecular flexibility index (Phi) is 6.13. The minimum absolute atomic E-state index is 0.171. The zero-order valence-corrected chi connectivity index (χ0v) is 14.0. The van der Waals surface area contributed by atoms with Crippen LogP contribution in [0.1, 0.15) is 25.5 Å². The number of carbonyl (C=O) groups excluding carboxylic acids is 1. The summed E-state index contributed by atoms with van der Waals surface area (Å²) in [5.41, 5.74) is 2.28. The summed E-state index contributed by atoms with van der Waals surface area (Å²) in [4.78, 5) is 14.5. The van der Waals surface area contributed by atoms with E-state index in [2.05, 4.69) is 4.98 Å². The number of hydrogen-bond acceptors (Lipinski definition) is 5. The van der Waals surface area contributed by atoms with Gasteiger partial charge in [0.05, 0.1) is 6.61 Å². The zero-order chi connectivity index (χ0) is 18.2. The summed E-state index contributed by atoms with van der Waals surface area (Å²) in [5.74, 6) is -1.18. The number of diazo groups is 1. The largest absolute Gasteiger partial charge is 0.484 e. The van der Waals surface area contributed by atoms with Gasteiger partial charge in [-0.15, -0.1) is 0 Å². The van der Waals surface area contributed by atoms with Gasteiger partial charge in [-0.05, 0) is 18.1 Å². The number of esters is 1. The molecule has 0 aliphatic rings. The highest BCUT2D eigenvalue weighted by Gasteiger charge is 2.36. The normalized spacial score (nSPS) is 12.5. The van der Waals surface area contributed by atoms with Crippen molar-refractivity contribution in [1.82, 2.24) is 0 Å². The van der Waals surface area contributed by atoms with Crippen LogP contribution in [0.4, 0.5) is 0 Å². The van der Waals surface area contributed by atoms with Gasteiger partial charge in [0.25, 0.3) is 0 Å². The fraction of sp³-hybridized carbons (Fsp3) is 0.211. The van der Waals surface area contributed by atoms with Crippen LogP contribution in [0.3, 0.4) is 0 Å². The molecule has 128 valence electrons. The molecule has 25 heavy (non-hydrogen) atoms. The lowest BCUT2D eigenvalue weighted by Gasteiger charge is -2.12. The first-order valence-corrected chi connectivity index (χ1v) is 7.80. The van der Waals surface area contributed by atoms with E-state index in [0.717, 1.165) is 11.1 Å². The van der Waals surface area contributed by atoms with Crippen LogP contribution in [-0.4, -0.2) is 17.7 Å². The van der Waals surface area contributed by atoms with Crippen molar-refractivity contribution in [3.05, 3.63) is 76.8 Å². The van der Waals surface area contributed by atoms with Crippen molar-refractivity contribution in [1.29, 1.82) is 5.39 Å². The smallest absolute Gasteiger partial charge is 0.475 e. The highest BCUT2D eigenvalue weighted by molar-refractivity contribution is 5.67. The van der Waals surface area contributed by atoms with Crippen molar-refractivity contribution in [2.45, 2.75) is 20.0 Å². The molecule has 0 bridgehead atoms. The topological polar surface area (TPSA) is 83.9 Å². The molecule has 1 unspecified atom stereocenters. The van der Waals surface area contributed by atoms with Gasteiger partial charge in [0, 0.05) is 12.5 Å². The zero-order valence-electron chi connectivity index (χ0n) is 14.0. The third-order valence-corrected chi connectivity index (χ3v) is 3.46. The Morgan fingerprint density at radius 3 is 2.24 bits per heavy atom. The van der Waals surface area contributed by atoms with Crippen molar-refractivity contribution in [3.63, 3.8) is 0 Å². The molecule has 0 saturated heterocycles. The van der Waals surface area contributed by atoms with Gasteiger partial charge in [0.1, 0.15) is 0 Å². The first-order valence-electron chi connectivity index (χ1n) is 7.80. The Balaban J connectivity index is 2.40. The number of rotatable bonds is 6. The molecule has 2 aromatic carbocycles. The van der Waals surface area contributed by atoms with E-state index in [0.29, 0.717) is 5.56 Å². The molecular formula is C19H19N2O4+. The number of benzene rings is 2. The Morgan fingerprint density at radius 2 is 1.72 bits per heavy atom. The predicted octanol–water partition coefficient (Wildman–Crippen LogP) is 4.57. The molecule has 2 rings (SSSR count). The third-order valence-electron chi connectivity index (χ3n) is 3.46. The molecule has 0 spiro atoms. The second kappa shape index (κ2) is 8.50. The number of aliphatic hydroxyl groups is 1. The fourth-order valence-corrected chi connectivity index (χ4v) is 2.35. The van der Waals surface area contributed by atoms with E-state index in [1.54, 1.807) is 19.1 Å². The lowest BCUT2D eigenvalue weighted by molar-refractivity contribution is -0.145. The van der Waals surface area contributed by atoms with Crippen LogP contribution in [0, 0.1) is 5.39 Å². The van der Waals surface area contributed by atoms with Crippen molar-refractivity contribution in [3.8, 4) is 11.1 Å². The molecule has 1 N–H and O–H groups in total. The van der Waals surface area contributed by atoms with Crippen molar-refractivity contribution >= 4 is 5.97 Å². The molecule has 1 atom stereocenters. The quantitative estimate of drug-likeness (QED) is 0.473. The minimum Gasteiger partial charge on any atom is -0.475 e. The van der Waals surface area contributed by atoms with Crippen molar-refractivity contribution in [2.24, 2.45) is 0 Å². The van der Waals surface area contributed by atoms with Gasteiger partial charge in [-0.2, -0.15) is 0 Å². The number of ether oxygens (including phenoxy) is 2. The molecule has 2 aromatic rings. The fourth-order valence-electron chi connectivity index (χ4n) is 2.35. The van der Waals surface area contributed by atoms with E-state index in [4.69, 9.17) is 9.47 Å². The van der Waals surface area contributed by atoms with Gasteiger partial charge in [0.15, 0.2) is 4.98 Å². The van der Waals surface area contributed by atoms with E-state index in [9.17, 15) is 15.3 Å². The number of hydrogen-bond donors (Lipinski definition) is 1. The predicted molar refractivity (Wildman–Crippen MR) is 92.7 cm³/mol. The highest BCUT2D eigenvalue weighted by Crippen LogP contribution is 2.31. The van der Waals surface area contributed by atoms with Gasteiger partial charge < -0.3 is 14.6 Å². The monoisotopic (exact) mass is 339 g/mol. The summed E-state index contributed by atoms with van der Waals surface area (Å²) in [6, 6.07) is 17.0. The van der Waals surface area contributed by atoms with Crippen molar-refractivity contribution < 1.29 is 19.4 Å². The lowest BCUT2D eigenvalue weighted by Crippen LogP contribution is -2.12. The molecule has 0 heterocycles. The summed E-state index contributed by atoms with van der Waals surface area (Å²) in [7, 11) is 0. The van der Waals surface area contributed by atoms with E-state index < -0.39 is 18.0 Å². The maximum absolute atomic E-state index is 11.4. The number of carbonyl (C=O) groups is 1. The summed E-state index contributed by atoms with van der Waals surface area (Å²) in [6.07, 6.45) is -1.08. The minimum atomic E-state index is -1.08. The lowest BCUT2D eigenvalue weighted by atomic mass is 10.0. The van der Waals surface area contributed by atoms with E-state index in [1.807, 2.05) is 42.5 Å². The van der Waals surface area contributed by atoms with E-state index in [1.165, 1.54) is 6.92 Å². The maximum atomic E-state index is 11.4. The second-order valence-electron chi connectivity index (χ2n) is 5.20. The first-order chi connectivity index (χ1) is 12.1. The molecule has 6 nitrogen and oxygen atoms in total. The Labute approximate surface area is 145 Å². The Bertz CT molecular complexity index is 792. The highest BCUT2D eigenvalue weighted by atomic mass is 16.6. The Hall–Kier alpha value is -3.33. The summed E-state index contributed by atoms with van der Waals surface area (Å²) >= 11 is 0. The van der Waals surface area contributed by atoms with Gasteiger partial charge in [-0.1, -0.05) is 54.6 Å². The standard InChI is InChI=1S/C19H18N2O4/c1-3-24-19(23)17(21-20)18(25-13(2)22)16-11-9-15(10-12-16)14-7-5-4-6-8-14/h4-12,18H,3H2,1-2H3/p+1/b19-17-. The van der Waals surface area contributed by atoms with Gasteiger partial charge in [-0.25, -0.2) is 0 Å². The van der Waals surface area contributed by atoms with Crippen molar-refractivity contribution in [2.75, 3.05) is 6.61 Å². The molecule has 0 amide bonds. The first kappa shape index (κ1) is 18.0. The van der Waals surface area contributed by atoms with Crippen LogP contribution in [-0.2, 0) is 14.3 Å². The van der Waals surface area contributed by atoms with Crippen LogP contribution in [0.25, 0.3) is 16.1 Å². The van der Waals surface area contributed by atoms with E-state index >= 15 is 0 Å². The third kappa shape index (κ3) is 4.58. The van der Waals surface area contributed by atoms with E-state index in [-0.39, 0.29) is 12.3 Å².